The number of aromatic nitrogens is 2. The van der Waals surface area contributed by atoms with E-state index in [9.17, 15) is 8.42 Å². The SMILES string of the molecule is CS(=O)(=O)n1c2ccccc2c2ncccc21. The predicted molar refractivity (Wildman–Crippen MR) is 67.5 cm³/mol. The van der Waals surface area contributed by atoms with Crippen LogP contribution in [0.4, 0.5) is 0 Å². The molecule has 0 aliphatic carbocycles. The fourth-order valence-corrected chi connectivity index (χ4v) is 3.13. The normalized spacial score (nSPS) is 12.3. The van der Waals surface area contributed by atoms with Gasteiger partial charge < -0.3 is 0 Å². The Bertz CT molecular complexity index is 766. The van der Waals surface area contributed by atoms with E-state index < -0.39 is 10.0 Å². The smallest absolute Gasteiger partial charge is 0.236 e. The maximum absolute atomic E-state index is 11.9. The fraction of sp³-hybridized carbons (Fsp3) is 0.0833. The summed E-state index contributed by atoms with van der Waals surface area (Å²) < 4.78 is 25.1. The van der Waals surface area contributed by atoms with Gasteiger partial charge in [0.2, 0.25) is 10.0 Å². The van der Waals surface area contributed by atoms with E-state index in [1.54, 1.807) is 24.4 Å². The van der Waals surface area contributed by atoms with Crippen LogP contribution in [0.3, 0.4) is 0 Å². The molecule has 2 aromatic heterocycles. The number of para-hydroxylation sites is 1. The second-order valence-corrected chi connectivity index (χ2v) is 5.75. The molecule has 0 aliphatic rings. The van der Waals surface area contributed by atoms with Crippen LogP contribution < -0.4 is 0 Å². The zero-order valence-electron chi connectivity index (χ0n) is 9.16. The molecule has 0 saturated heterocycles. The van der Waals surface area contributed by atoms with E-state index in [0.29, 0.717) is 16.6 Å². The van der Waals surface area contributed by atoms with Crippen molar-refractivity contribution in [2.24, 2.45) is 0 Å². The lowest BCUT2D eigenvalue weighted by Crippen LogP contribution is -2.09. The molecule has 0 fully saturated rings. The first-order chi connectivity index (χ1) is 8.09. The van der Waals surface area contributed by atoms with Gasteiger partial charge in [0.15, 0.2) is 0 Å². The molecule has 0 N–H and O–H groups in total. The highest BCUT2D eigenvalue weighted by molar-refractivity contribution is 7.89. The standard InChI is InChI=1S/C12H10N2O2S/c1-17(15,16)14-10-6-3-2-5-9(10)12-11(14)7-4-8-13-12/h2-8H,1H3. The Labute approximate surface area is 98.6 Å². The summed E-state index contributed by atoms with van der Waals surface area (Å²) in [5, 5.41) is 0.855. The van der Waals surface area contributed by atoms with Gasteiger partial charge in [0.05, 0.1) is 22.8 Å². The Morgan fingerprint density at radius 3 is 2.53 bits per heavy atom. The third-order valence-corrected chi connectivity index (χ3v) is 3.77. The summed E-state index contributed by atoms with van der Waals surface area (Å²) in [5.41, 5.74) is 2.01. The molecule has 5 heteroatoms. The highest BCUT2D eigenvalue weighted by atomic mass is 32.2. The Kier molecular flexibility index (Phi) is 2.00. The van der Waals surface area contributed by atoms with Crippen molar-refractivity contribution in [1.29, 1.82) is 0 Å². The van der Waals surface area contributed by atoms with E-state index in [2.05, 4.69) is 4.98 Å². The number of fused-ring (bicyclic) bond motifs is 3. The zero-order valence-corrected chi connectivity index (χ0v) is 9.98. The Morgan fingerprint density at radius 2 is 1.76 bits per heavy atom. The average Bonchev–Trinajstić information content (AvgIpc) is 2.63. The lowest BCUT2D eigenvalue weighted by atomic mass is 10.2. The van der Waals surface area contributed by atoms with Crippen LogP contribution >= 0.6 is 0 Å². The van der Waals surface area contributed by atoms with Crippen molar-refractivity contribution >= 4 is 32.0 Å². The molecule has 0 amide bonds. The first-order valence-corrected chi connectivity index (χ1v) is 6.98. The monoisotopic (exact) mass is 246 g/mol. The molecule has 3 rings (SSSR count). The minimum Gasteiger partial charge on any atom is -0.254 e. The van der Waals surface area contributed by atoms with E-state index in [0.717, 1.165) is 5.39 Å². The molecule has 86 valence electrons. The molecule has 2 heterocycles. The van der Waals surface area contributed by atoms with Gasteiger partial charge in [0, 0.05) is 11.6 Å². The molecule has 3 aromatic rings. The molecule has 0 spiro atoms. The Hall–Kier alpha value is -1.88. The van der Waals surface area contributed by atoms with Gasteiger partial charge in [-0.05, 0) is 18.2 Å². The fourth-order valence-electron chi connectivity index (χ4n) is 2.11. The molecule has 1 aromatic carbocycles. The van der Waals surface area contributed by atoms with Crippen LogP contribution in [0.5, 0.6) is 0 Å². The highest BCUT2D eigenvalue weighted by Crippen LogP contribution is 2.27. The van der Waals surface area contributed by atoms with Crippen LogP contribution in [0.2, 0.25) is 0 Å². The van der Waals surface area contributed by atoms with Crippen LogP contribution in [0.1, 0.15) is 0 Å². The number of rotatable bonds is 1. The maximum atomic E-state index is 11.9. The van der Waals surface area contributed by atoms with E-state index in [1.807, 2.05) is 18.2 Å². The third kappa shape index (κ3) is 1.43. The van der Waals surface area contributed by atoms with Gasteiger partial charge in [-0.3, -0.25) is 4.98 Å². The number of nitrogens with zero attached hydrogens (tertiary/aromatic N) is 2. The molecule has 0 aliphatic heterocycles. The number of pyridine rings is 1. The maximum Gasteiger partial charge on any atom is 0.236 e. The van der Waals surface area contributed by atoms with E-state index >= 15 is 0 Å². The van der Waals surface area contributed by atoms with Crippen LogP contribution in [0, 0.1) is 0 Å². The quantitative estimate of drug-likeness (QED) is 0.660. The largest absolute Gasteiger partial charge is 0.254 e. The first kappa shape index (κ1) is 10.3. The van der Waals surface area contributed by atoms with Crippen LogP contribution in [-0.2, 0) is 10.0 Å². The third-order valence-electron chi connectivity index (χ3n) is 2.71. The summed E-state index contributed by atoms with van der Waals surface area (Å²) in [4.78, 5) is 4.26. The lowest BCUT2D eigenvalue weighted by molar-refractivity contribution is 0.596. The molecule has 0 radical (unpaired) electrons. The van der Waals surface area contributed by atoms with Gasteiger partial charge in [0.1, 0.15) is 0 Å². The van der Waals surface area contributed by atoms with Gasteiger partial charge >= 0.3 is 0 Å². The Balaban J connectivity index is 2.70. The van der Waals surface area contributed by atoms with Crippen molar-refractivity contribution in [3.63, 3.8) is 0 Å². The number of hydrogen-bond acceptors (Lipinski definition) is 3. The summed E-state index contributed by atoms with van der Waals surface area (Å²) in [7, 11) is -3.34. The molecular weight excluding hydrogens is 236 g/mol. The second kappa shape index (κ2) is 3.30. The second-order valence-electron chi connectivity index (χ2n) is 3.92. The van der Waals surface area contributed by atoms with E-state index in [-0.39, 0.29) is 0 Å². The Morgan fingerprint density at radius 1 is 1.06 bits per heavy atom. The zero-order chi connectivity index (χ0) is 12.0. The summed E-state index contributed by atoms with van der Waals surface area (Å²) in [6.07, 6.45) is 2.87. The minimum atomic E-state index is -3.34. The summed E-state index contributed by atoms with van der Waals surface area (Å²) >= 11 is 0. The molecule has 0 saturated carbocycles. The molecule has 4 nitrogen and oxygen atoms in total. The van der Waals surface area contributed by atoms with Gasteiger partial charge in [-0.2, -0.15) is 0 Å². The van der Waals surface area contributed by atoms with Crippen molar-refractivity contribution in [1.82, 2.24) is 8.96 Å². The first-order valence-electron chi connectivity index (χ1n) is 5.14. The van der Waals surface area contributed by atoms with E-state index in [1.165, 1.54) is 10.2 Å². The van der Waals surface area contributed by atoms with Crippen LogP contribution in [0.25, 0.3) is 21.9 Å². The van der Waals surface area contributed by atoms with Crippen LogP contribution in [0.15, 0.2) is 42.6 Å². The summed E-state index contributed by atoms with van der Waals surface area (Å²) in [6.45, 7) is 0. The van der Waals surface area contributed by atoms with Crippen molar-refractivity contribution in [2.45, 2.75) is 0 Å². The highest BCUT2D eigenvalue weighted by Gasteiger charge is 2.16. The van der Waals surface area contributed by atoms with Gasteiger partial charge in [-0.25, -0.2) is 12.4 Å². The topological polar surface area (TPSA) is 52.0 Å². The lowest BCUT2D eigenvalue weighted by Gasteiger charge is -2.02. The van der Waals surface area contributed by atoms with Gasteiger partial charge in [0.25, 0.3) is 0 Å². The predicted octanol–water partition coefficient (Wildman–Crippen LogP) is 2.00. The van der Waals surface area contributed by atoms with Crippen LogP contribution in [-0.4, -0.2) is 23.6 Å². The van der Waals surface area contributed by atoms with E-state index in [4.69, 9.17) is 0 Å². The molecule has 17 heavy (non-hydrogen) atoms. The molecule has 0 unspecified atom stereocenters. The van der Waals surface area contributed by atoms with Crippen molar-refractivity contribution in [3.05, 3.63) is 42.6 Å². The van der Waals surface area contributed by atoms with Crippen molar-refractivity contribution < 1.29 is 8.42 Å². The number of benzene rings is 1. The minimum absolute atomic E-state index is 0.621. The van der Waals surface area contributed by atoms with Gasteiger partial charge in [-0.15, -0.1) is 0 Å². The summed E-state index contributed by atoms with van der Waals surface area (Å²) in [6, 6.07) is 10.9. The van der Waals surface area contributed by atoms with Gasteiger partial charge in [-0.1, -0.05) is 18.2 Å². The number of hydrogen-bond donors (Lipinski definition) is 0. The molecule has 0 bridgehead atoms. The summed E-state index contributed by atoms with van der Waals surface area (Å²) in [5.74, 6) is 0. The van der Waals surface area contributed by atoms with Crippen molar-refractivity contribution in [2.75, 3.05) is 6.26 Å². The average molecular weight is 246 g/mol. The van der Waals surface area contributed by atoms with Crippen molar-refractivity contribution in [3.8, 4) is 0 Å². The molecule has 0 atom stereocenters. The molecular formula is C12H10N2O2S.